The van der Waals surface area contributed by atoms with Gasteiger partial charge in [0.2, 0.25) is 5.91 Å². The summed E-state index contributed by atoms with van der Waals surface area (Å²) in [5.74, 6) is -0.333. The van der Waals surface area contributed by atoms with Crippen LogP contribution >= 0.6 is 0 Å². The van der Waals surface area contributed by atoms with Crippen molar-refractivity contribution in [3.63, 3.8) is 0 Å². The van der Waals surface area contributed by atoms with Gasteiger partial charge in [0.1, 0.15) is 0 Å². The number of halogens is 3. The minimum Gasteiger partial charge on any atom is -0.398 e. The Morgan fingerprint density at radius 1 is 1.38 bits per heavy atom. The molecule has 0 aliphatic carbocycles. The normalized spacial score (nSPS) is 12.0. The van der Waals surface area contributed by atoms with Gasteiger partial charge in [-0.15, -0.1) is 0 Å². The number of hydrogen-bond donors (Lipinski definition) is 2. The van der Waals surface area contributed by atoms with Gasteiger partial charge in [0.25, 0.3) is 0 Å². The second kappa shape index (κ2) is 6.80. The van der Waals surface area contributed by atoms with E-state index in [-0.39, 0.29) is 23.7 Å². The van der Waals surface area contributed by atoms with Crippen molar-refractivity contribution in [2.45, 2.75) is 32.5 Å². The van der Waals surface area contributed by atoms with E-state index in [0.29, 0.717) is 12.6 Å². The van der Waals surface area contributed by atoms with Crippen LogP contribution < -0.4 is 11.1 Å². The molecule has 0 saturated carbocycles. The molecule has 0 radical (unpaired) electrons. The van der Waals surface area contributed by atoms with Gasteiger partial charge in [-0.05, 0) is 39.1 Å². The highest BCUT2D eigenvalue weighted by atomic mass is 19.4. The summed E-state index contributed by atoms with van der Waals surface area (Å²) >= 11 is 0. The third-order valence-electron chi connectivity index (χ3n) is 3.22. The van der Waals surface area contributed by atoms with Crippen LogP contribution in [0.25, 0.3) is 0 Å². The predicted octanol–water partition coefficient (Wildman–Crippen LogP) is 2.96. The van der Waals surface area contributed by atoms with Crippen molar-refractivity contribution < 1.29 is 18.0 Å². The topological polar surface area (TPSA) is 58.4 Å². The molecule has 1 aromatic rings. The van der Waals surface area contributed by atoms with Gasteiger partial charge in [-0.2, -0.15) is 13.2 Å². The minimum atomic E-state index is -4.54. The van der Waals surface area contributed by atoms with Gasteiger partial charge in [0, 0.05) is 30.4 Å². The number of nitrogen functional groups attached to an aromatic ring is 1. The molecule has 0 bridgehead atoms. The van der Waals surface area contributed by atoms with Gasteiger partial charge in [-0.25, -0.2) is 0 Å². The number of nitrogens with zero attached hydrogens (tertiary/aromatic N) is 1. The summed E-state index contributed by atoms with van der Waals surface area (Å²) in [4.78, 5) is 13.7. The third-order valence-corrected chi connectivity index (χ3v) is 3.22. The molecule has 4 nitrogen and oxygen atoms in total. The van der Waals surface area contributed by atoms with Crippen LogP contribution in [0, 0.1) is 0 Å². The summed E-state index contributed by atoms with van der Waals surface area (Å²) in [6, 6.07) is 3.64. The Kier molecular flexibility index (Phi) is 5.60. The molecule has 0 aliphatic rings. The molecule has 7 heteroatoms. The van der Waals surface area contributed by atoms with Crippen molar-refractivity contribution in [2.75, 3.05) is 24.6 Å². The Labute approximate surface area is 122 Å². The molecule has 0 fully saturated rings. The van der Waals surface area contributed by atoms with Crippen LogP contribution in [0.15, 0.2) is 18.2 Å². The van der Waals surface area contributed by atoms with E-state index in [9.17, 15) is 18.0 Å². The largest absolute Gasteiger partial charge is 0.418 e. The lowest BCUT2D eigenvalue weighted by Gasteiger charge is -2.20. The summed E-state index contributed by atoms with van der Waals surface area (Å²) in [5.41, 5.74) is 4.08. The molecule has 0 heterocycles. The number of nitrogens with one attached hydrogen (secondary N) is 1. The Balaban J connectivity index is 2.69. The van der Waals surface area contributed by atoms with E-state index < -0.39 is 11.7 Å². The average Bonchev–Trinajstić information content (AvgIpc) is 2.36. The summed E-state index contributed by atoms with van der Waals surface area (Å²) < 4.78 is 38.1. The Morgan fingerprint density at radius 2 is 2.00 bits per heavy atom. The molecule has 0 spiro atoms. The van der Waals surface area contributed by atoms with Crippen LogP contribution in [0.1, 0.15) is 25.8 Å². The highest BCUT2D eigenvalue weighted by Gasteiger charge is 2.33. The maximum atomic E-state index is 12.7. The summed E-state index contributed by atoms with van der Waals surface area (Å²) in [6.07, 6.45) is -4.33. The second-order valence-corrected chi connectivity index (χ2v) is 5.17. The first-order valence-electron chi connectivity index (χ1n) is 6.58. The number of rotatable bonds is 5. The summed E-state index contributed by atoms with van der Waals surface area (Å²) in [7, 11) is 1.88. The molecule has 1 aromatic carbocycles. The van der Waals surface area contributed by atoms with E-state index in [1.54, 1.807) is 0 Å². The number of carbonyl (C=O) groups is 1. The van der Waals surface area contributed by atoms with Gasteiger partial charge in [-0.1, -0.05) is 0 Å². The van der Waals surface area contributed by atoms with Gasteiger partial charge in [-0.3, -0.25) is 4.79 Å². The number of carbonyl (C=O) groups excluding carboxylic acids is 1. The number of amides is 1. The molecule has 0 atom stereocenters. The van der Waals surface area contributed by atoms with Crippen molar-refractivity contribution in [3.05, 3.63) is 23.8 Å². The average molecular weight is 303 g/mol. The highest BCUT2D eigenvalue weighted by Crippen LogP contribution is 2.35. The molecule has 0 saturated heterocycles. The lowest BCUT2D eigenvalue weighted by atomic mass is 10.1. The Bertz CT molecular complexity index is 501. The Morgan fingerprint density at radius 3 is 2.52 bits per heavy atom. The maximum Gasteiger partial charge on any atom is 0.418 e. The quantitative estimate of drug-likeness (QED) is 0.822. The van der Waals surface area contributed by atoms with Crippen molar-refractivity contribution in [3.8, 4) is 0 Å². The zero-order valence-corrected chi connectivity index (χ0v) is 12.3. The molecule has 118 valence electrons. The van der Waals surface area contributed by atoms with Gasteiger partial charge in [0.15, 0.2) is 0 Å². The fraction of sp³-hybridized carbons (Fsp3) is 0.500. The zero-order valence-electron chi connectivity index (χ0n) is 12.3. The maximum absolute atomic E-state index is 12.7. The molecule has 0 aliphatic heterocycles. The van der Waals surface area contributed by atoms with Crippen LogP contribution in [0.4, 0.5) is 24.5 Å². The van der Waals surface area contributed by atoms with Crippen LogP contribution in [0.2, 0.25) is 0 Å². The van der Waals surface area contributed by atoms with Gasteiger partial charge < -0.3 is 16.0 Å². The minimum absolute atomic E-state index is 0.0914. The van der Waals surface area contributed by atoms with Crippen molar-refractivity contribution in [2.24, 2.45) is 0 Å². The number of nitrogens with two attached hydrogens (primary N) is 1. The second-order valence-electron chi connectivity index (χ2n) is 5.17. The third kappa shape index (κ3) is 5.26. The van der Waals surface area contributed by atoms with Crippen molar-refractivity contribution in [1.29, 1.82) is 0 Å². The van der Waals surface area contributed by atoms with Crippen LogP contribution in [0.5, 0.6) is 0 Å². The predicted molar refractivity (Wildman–Crippen MR) is 76.9 cm³/mol. The summed E-state index contributed by atoms with van der Waals surface area (Å²) in [5, 5.41) is 2.45. The first-order chi connectivity index (χ1) is 9.61. The molecule has 1 rings (SSSR count). The zero-order chi connectivity index (χ0) is 16.2. The molecular formula is C14H20F3N3O. The molecule has 3 N–H and O–H groups in total. The van der Waals surface area contributed by atoms with Crippen LogP contribution in [0.3, 0.4) is 0 Å². The van der Waals surface area contributed by atoms with E-state index in [0.717, 1.165) is 12.1 Å². The molecule has 1 amide bonds. The van der Waals surface area contributed by atoms with Crippen molar-refractivity contribution in [1.82, 2.24) is 4.90 Å². The van der Waals surface area contributed by atoms with Gasteiger partial charge in [0.05, 0.1) is 5.56 Å². The first kappa shape index (κ1) is 17.3. The molecular weight excluding hydrogens is 283 g/mol. The van der Waals surface area contributed by atoms with E-state index in [1.165, 1.54) is 6.07 Å². The monoisotopic (exact) mass is 303 g/mol. The smallest absolute Gasteiger partial charge is 0.398 e. The van der Waals surface area contributed by atoms with E-state index in [2.05, 4.69) is 5.32 Å². The van der Waals surface area contributed by atoms with E-state index in [1.807, 2.05) is 25.8 Å². The number of alkyl halides is 3. The first-order valence-corrected chi connectivity index (χ1v) is 6.58. The standard InChI is InChI=1S/C14H20F3N3O/c1-9(2)20(3)7-6-13(21)19-10-4-5-12(18)11(8-10)14(15,16)17/h4-5,8-9H,6-7,18H2,1-3H3,(H,19,21). The Hall–Kier alpha value is -1.76. The van der Waals surface area contributed by atoms with Gasteiger partial charge >= 0.3 is 6.18 Å². The van der Waals surface area contributed by atoms with Crippen LogP contribution in [-0.2, 0) is 11.0 Å². The highest BCUT2D eigenvalue weighted by molar-refractivity contribution is 5.91. The molecule has 0 aromatic heterocycles. The lowest BCUT2D eigenvalue weighted by molar-refractivity contribution is -0.136. The SMILES string of the molecule is CC(C)N(C)CCC(=O)Nc1ccc(N)c(C(F)(F)F)c1. The lowest BCUT2D eigenvalue weighted by Crippen LogP contribution is -2.29. The fourth-order valence-corrected chi connectivity index (χ4v) is 1.64. The molecule has 0 unspecified atom stereocenters. The van der Waals surface area contributed by atoms with Crippen molar-refractivity contribution >= 4 is 17.3 Å². The number of hydrogen-bond acceptors (Lipinski definition) is 3. The molecule has 21 heavy (non-hydrogen) atoms. The van der Waals surface area contributed by atoms with E-state index >= 15 is 0 Å². The number of benzene rings is 1. The summed E-state index contributed by atoms with van der Waals surface area (Å²) in [6.45, 7) is 4.52. The van der Waals surface area contributed by atoms with E-state index in [4.69, 9.17) is 5.73 Å². The number of anilines is 2. The fourth-order valence-electron chi connectivity index (χ4n) is 1.64. The van der Waals surface area contributed by atoms with Crippen LogP contribution in [-0.4, -0.2) is 30.4 Å².